The van der Waals surface area contributed by atoms with Crippen LogP contribution in [0.5, 0.6) is 0 Å². The van der Waals surface area contributed by atoms with Crippen LogP contribution in [0.15, 0.2) is 6.07 Å². The lowest BCUT2D eigenvalue weighted by molar-refractivity contribution is 0.120. The van der Waals surface area contributed by atoms with E-state index in [1.165, 1.54) is 0 Å². The number of rotatable bonds is 5. The second kappa shape index (κ2) is 6.60. The standard InChI is InChI=1S/C15H24N4O3S/c1-11-8-14(16-9-13-4-3-6-22-13)18-15(17-11)19(2)12-5-7-23(20,21)10-12/h8,12-13H,3-7,9-10H2,1-2H3,(H,16,17,18). The van der Waals surface area contributed by atoms with E-state index in [-0.39, 0.29) is 23.7 Å². The Bertz CT molecular complexity index is 659. The molecule has 3 rings (SSSR count). The van der Waals surface area contributed by atoms with Crippen molar-refractivity contribution in [3.05, 3.63) is 11.8 Å². The molecule has 2 aliphatic rings. The zero-order valence-corrected chi connectivity index (χ0v) is 14.5. The van der Waals surface area contributed by atoms with E-state index in [1.807, 2.05) is 24.9 Å². The van der Waals surface area contributed by atoms with Gasteiger partial charge in [0.25, 0.3) is 0 Å². The first-order valence-electron chi connectivity index (χ1n) is 8.07. The summed E-state index contributed by atoms with van der Waals surface area (Å²) in [4.78, 5) is 10.9. The molecule has 0 bridgehead atoms. The maximum Gasteiger partial charge on any atom is 0.227 e. The lowest BCUT2D eigenvalue weighted by Crippen LogP contribution is -2.34. The van der Waals surface area contributed by atoms with Crippen LogP contribution in [0.4, 0.5) is 11.8 Å². The van der Waals surface area contributed by atoms with Crippen molar-refractivity contribution in [2.24, 2.45) is 0 Å². The zero-order valence-electron chi connectivity index (χ0n) is 13.7. The van der Waals surface area contributed by atoms with Gasteiger partial charge >= 0.3 is 0 Å². The summed E-state index contributed by atoms with van der Waals surface area (Å²) in [6.07, 6.45) is 3.06. The zero-order chi connectivity index (χ0) is 16.4. The summed E-state index contributed by atoms with van der Waals surface area (Å²) in [5, 5.41) is 3.31. The number of aryl methyl sites for hydroxylation is 1. The van der Waals surface area contributed by atoms with Gasteiger partial charge < -0.3 is 15.0 Å². The number of aromatic nitrogens is 2. The van der Waals surface area contributed by atoms with Gasteiger partial charge in [0.05, 0.1) is 17.6 Å². The number of hydrogen-bond donors (Lipinski definition) is 1. The van der Waals surface area contributed by atoms with E-state index in [1.54, 1.807) is 0 Å². The van der Waals surface area contributed by atoms with Crippen molar-refractivity contribution in [2.75, 3.05) is 41.9 Å². The van der Waals surface area contributed by atoms with E-state index in [0.29, 0.717) is 12.4 Å². The Morgan fingerprint density at radius 2 is 2.22 bits per heavy atom. The largest absolute Gasteiger partial charge is 0.376 e. The molecule has 0 spiro atoms. The molecule has 2 fully saturated rings. The van der Waals surface area contributed by atoms with Crippen LogP contribution in [0, 0.1) is 6.92 Å². The molecule has 0 radical (unpaired) electrons. The van der Waals surface area contributed by atoms with Gasteiger partial charge in [-0.3, -0.25) is 0 Å². The fourth-order valence-corrected chi connectivity index (χ4v) is 4.84. The van der Waals surface area contributed by atoms with E-state index in [0.717, 1.165) is 37.5 Å². The molecule has 8 heteroatoms. The van der Waals surface area contributed by atoms with Gasteiger partial charge in [0.2, 0.25) is 5.95 Å². The molecule has 0 aliphatic carbocycles. The second-order valence-corrected chi connectivity index (χ2v) is 8.61. The van der Waals surface area contributed by atoms with Crippen molar-refractivity contribution < 1.29 is 13.2 Å². The molecule has 23 heavy (non-hydrogen) atoms. The van der Waals surface area contributed by atoms with Crippen LogP contribution < -0.4 is 10.2 Å². The van der Waals surface area contributed by atoms with E-state index >= 15 is 0 Å². The summed E-state index contributed by atoms with van der Waals surface area (Å²) in [5.41, 5.74) is 0.859. The summed E-state index contributed by atoms with van der Waals surface area (Å²) >= 11 is 0. The van der Waals surface area contributed by atoms with Gasteiger partial charge in [-0.25, -0.2) is 13.4 Å². The van der Waals surface area contributed by atoms with Crippen LogP contribution in [0.3, 0.4) is 0 Å². The molecule has 2 aliphatic heterocycles. The van der Waals surface area contributed by atoms with Crippen LogP contribution in [0.1, 0.15) is 25.0 Å². The number of nitrogens with one attached hydrogen (secondary N) is 1. The van der Waals surface area contributed by atoms with Gasteiger partial charge in [-0.2, -0.15) is 4.98 Å². The minimum Gasteiger partial charge on any atom is -0.376 e. The Morgan fingerprint density at radius 3 is 2.87 bits per heavy atom. The molecule has 0 aromatic carbocycles. The highest BCUT2D eigenvalue weighted by Crippen LogP contribution is 2.22. The summed E-state index contributed by atoms with van der Waals surface area (Å²) < 4.78 is 28.9. The number of ether oxygens (including phenoxy) is 1. The first kappa shape index (κ1) is 16.4. The van der Waals surface area contributed by atoms with Crippen molar-refractivity contribution >= 4 is 21.6 Å². The minimum atomic E-state index is -2.92. The molecule has 2 unspecified atom stereocenters. The third-order valence-corrected chi connectivity index (χ3v) is 6.20. The molecule has 7 nitrogen and oxygen atoms in total. The van der Waals surface area contributed by atoms with Gasteiger partial charge in [-0.05, 0) is 26.2 Å². The van der Waals surface area contributed by atoms with E-state index < -0.39 is 9.84 Å². The Hall–Kier alpha value is -1.41. The average molecular weight is 340 g/mol. The predicted octanol–water partition coefficient (Wildman–Crippen LogP) is 0.999. The number of anilines is 2. The van der Waals surface area contributed by atoms with E-state index in [4.69, 9.17) is 4.74 Å². The van der Waals surface area contributed by atoms with Gasteiger partial charge in [0.1, 0.15) is 5.82 Å². The lowest BCUT2D eigenvalue weighted by atomic mass is 10.2. The molecular weight excluding hydrogens is 316 g/mol. The highest BCUT2D eigenvalue weighted by Gasteiger charge is 2.32. The van der Waals surface area contributed by atoms with Crippen LogP contribution in [-0.2, 0) is 14.6 Å². The maximum absolute atomic E-state index is 11.7. The summed E-state index contributed by atoms with van der Waals surface area (Å²) in [6.45, 7) is 3.48. The van der Waals surface area contributed by atoms with Crippen molar-refractivity contribution in [3.8, 4) is 0 Å². The number of hydrogen-bond acceptors (Lipinski definition) is 7. The Balaban J connectivity index is 1.69. The van der Waals surface area contributed by atoms with E-state index in [2.05, 4.69) is 15.3 Å². The minimum absolute atomic E-state index is 0.0483. The number of sulfone groups is 1. The second-order valence-electron chi connectivity index (χ2n) is 6.38. The fraction of sp³-hybridized carbons (Fsp3) is 0.733. The summed E-state index contributed by atoms with van der Waals surface area (Å²) in [7, 11) is -1.05. The monoisotopic (exact) mass is 340 g/mol. The van der Waals surface area contributed by atoms with E-state index in [9.17, 15) is 8.42 Å². The SMILES string of the molecule is Cc1cc(NCC2CCCO2)nc(N(C)C2CCS(=O)(=O)C2)n1. The highest BCUT2D eigenvalue weighted by atomic mass is 32.2. The van der Waals surface area contributed by atoms with Crippen LogP contribution >= 0.6 is 0 Å². The Kier molecular flexibility index (Phi) is 4.72. The van der Waals surface area contributed by atoms with Gasteiger partial charge in [0.15, 0.2) is 9.84 Å². The van der Waals surface area contributed by atoms with Crippen molar-refractivity contribution in [2.45, 2.75) is 38.3 Å². The third kappa shape index (κ3) is 4.11. The van der Waals surface area contributed by atoms with Crippen LogP contribution in [0.25, 0.3) is 0 Å². The van der Waals surface area contributed by atoms with Gasteiger partial charge in [-0.15, -0.1) is 0 Å². The Morgan fingerprint density at radius 1 is 1.39 bits per heavy atom. The fourth-order valence-electron chi connectivity index (χ4n) is 3.07. The smallest absolute Gasteiger partial charge is 0.227 e. The normalized spacial score (nSPS) is 26.3. The number of nitrogens with zero attached hydrogens (tertiary/aromatic N) is 3. The predicted molar refractivity (Wildman–Crippen MR) is 89.7 cm³/mol. The lowest BCUT2D eigenvalue weighted by Gasteiger charge is -2.24. The van der Waals surface area contributed by atoms with Gasteiger partial charge in [0, 0.05) is 38.0 Å². The molecule has 128 valence electrons. The topological polar surface area (TPSA) is 84.4 Å². The van der Waals surface area contributed by atoms with Crippen molar-refractivity contribution in [1.82, 2.24) is 9.97 Å². The quantitative estimate of drug-likeness (QED) is 0.856. The summed E-state index contributed by atoms with van der Waals surface area (Å²) in [5.74, 6) is 1.76. The molecule has 1 aromatic heterocycles. The average Bonchev–Trinajstić information content (AvgIpc) is 3.13. The van der Waals surface area contributed by atoms with Crippen molar-refractivity contribution in [3.63, 3.8) is 0 Å². The molecule has 3 heterocycles. The highest BCUT2D eigenvalue weighted by molar-refractivity contribution is 7.91. The van der Waals surface area contributed by atoms with Crippen molar-refractivity contribution in [1.29, 1.82) is 0 Å². The first-order chi connectivity index (χ1) is 10.9. The molecule has 1 aromatic rings. The van der Waals surface area contributed by atoms with Crippen LogP contribution in [0.2, 0.25) is 0 Å². The Labute approximate surface area is 137 Å². The molecule has 1 N–H and O–H groups in total. The molecular formula is C15H24N4O3S. The molecule has 2 saturated heterocycles. The molecule has 0 saturated carbocycles. The van der Waals surface area contributed by atoms with Gasteiger partial charge in [-0.1, -0.05) is 0 Å². The van der Waals surface area contributed by atoms with Crippen LogP contribution in [-0.4, -0.2) is 62.2 Å². The summed E-state index contributed by atoms with van der Waals surface area (Å²) in [6, 6.07) is 1.85. The maximum atomic E-state index is 11.7. The molecule has 0 amide bonds. The first-order valence-corrected chi connectivity index (χ1v) is 9.89. The molecule has 2 atom stereocenters. The third-order valence-electron chi connectivity index (χ3n) is 4.45.